The van der Waals surface area contributed by atoms with Crippen LogP contribution in [0.5, 0.6) is 5.88 Å². The van der Waals surface area contributed by atoms with E-state index in [0.717, 1.165) is 79.2 Å². The minimum atomic E-state index is 0. The van der Waals surface area contributed by atoms with Gasteiger partial charge in [-0.1, -0.05) is 73.3 Å². The molecule has 1 radical (unpaired) electrons. The SMILES string of the molecule is CCCC(CCC)C(=O)/C=C(\O)C(CCC)CCC.COc1nc(-c2ccc(C#N)cc2C)cnc1-c1[c-]c(C)cc(C)c1.[Ir]. The fourth-order valence-electron chi connectivity index (χ4n) is 5.52. The van der Waals surface area contributed by atoms with Crippen LogP contribution in [0.1, 0.15) is 101 Å². The largest absolute Gasteiger partial charge is 0.512 e. The predicted octanol–water partition coefficient (Wildman–Crippen LogP) is 9.84. The molecule has 1 N–H and O–H groups in total. The molecule has 3 rings (SSSR count). The quantitative estimate of drug-likeness (QED) is 0.0993. The second kappa shape index (κ2) is 20.7. The molecule has 0 aliphatic carbocycles. The van der Waals surface area contributed by atoms with E-state index >= 15 is 0 Å². The molecular formula is C38H50IrN3O3-. The van der Waals surface area contributed by atoms with Crippen LogP contribution in [0.15, 0.2) is 48.4 Å². The number of hydrogen-bond acceptors (Lipinski definition) is 6. The summed E-state index contributed by atoms with van der Waals surface area (Å²) in [5.41, 5.74) is 6.97. The number of aliphatic hydroxyl groups excluding tert-OH is 1. The van der Waals surface area contributed by atoms with Crippen molar-refractivity contribution in [1.29, 1.82) is 5.26 Å². The number of carbonyl (C=O) groups is 1. The summed E-state index contributed by atoms with van der Waals surface area (Å²) in [7, 11) is 1.59. The van der Waals surface area contributed by atoms with Gasteiger partial charge in [-0.3, -0.25) is 9.78 Å². The van der Waals surface area contributed by atoms with Crippen LogP contribution < -0.4 is 4.74 Å². The van der Waals surface area contributed by atoms with Gasteiger partial charge in [-0.05, 0) is 50.3 Å². The molecule has 245 valence electrons. The Morgan fingerprint density at radius 2 is 1.58 bits per heavy atom. The predicted molar refractivity (Wildman–Crippen MR) is 180 cm³/mol. The van der Waals surface area contributed by atoms with E-state index in [9.17, 15) is 9.90 Å². The van der Waals surface area contributed by atoms with Crippen LogP contribution in [-0.4, -0.2) is 28.0 Å². The van der Waals surface area contributed by atoms with Gasteiger partial charge in [0.2, 0.25) is 0 Å². The maximum atomic E-state index is 12.2. The van der Waals surface area contributed by atoms with Gasteiger partial charge in [0, 0.05) is 55.5 Å². The summed E-state index contributed by atoms with van der Waals surface area (Å²) in [6.45, 7) is 14.5. The molecule has 0 amide bonds. The summed E-state index contributed by atoms with van der Waals surface area (Å²) in [6, 6.07) is 15.0. The molecule has 6 nitrogen and oxygen atoms in total. The van der Waals surface area contributed by atoms with Gasteiger partial charge in [-0.25, -0.2) is 4.98 Å². The number of aromatic nitrogens is 2. The van der Waals surface area contributed by atoms with E-state index in [1.165, 1.54) is 6.08 Å². The summed E-state index contributed by atoms with van der Waals surface area (Å²) in [6.07, 6.45) is 11.2. The molecule has 0 saturated carbocycles. The first-order valence-electron chi connectivity index (χ1n) is 16.0. The molecule has 3 aromatic rings. The fourth-order valence-corrected chi connectivity index (χ4v) is 5.52. The molecule has 0 aliphatic heterocycles. The topological polar surface area (TPSA) is 96.1 Å². The van der Waals surface area contributed by atoms with E-state index < -0.39 is 0 Å². The number of nitrogens with zero attached hydrogens (tertiary/aromatic N) is 3. The van der Waals surface area contributed by atoms with Crippen molar-refractivity contribution in [3.05, 3.63) is 76.7 Å². The van der Waals surface area contributed by atoms with Gasteiger partial charge < -0.3 is 9.84 Å². The van der Waals surface area contributed by atoms with E-state index in [4.69, 9.17) is 10.00 Å². The molecule has 0 aliphatic rings. The molecule has 0 saturated heterocycles. The summed E-state index contributed by atoms with van der Waals surface area (Å²) in [5, 5.41) is 19.2. The van der Waals surface area contributed by atoms with Crippen molar-refractivity contribution in [2.45, 2.75) is 99.8 Å². The Labute approximate surface area is 284 Å². The number of rotatable bonds is 14. The van der Waals surface area contributed by atoms with Crippen LogP contribution in [0.25, 0.3) is 22.5 Å². The third kappa shape index (κ3) is 12.2. The Morgan fingerprint density at radius 3 is 2.09 bits per heavy atom. The maximum absolute atomic E-state index is 12.2. The maximum Gasteiger partial charge on any atom is 0.195 e. The normalized spacial score (nSPS) is 11.0. The number of methoxy groups -OCH3 is 1. The van der Waals surface area contributed by atoms with Crippen LogP contribution in [0.4, 0.5) is 0 Å². The average molecular weight is 789 g/mol. The third-order valence-electron chi connectivity index (χ3n) is 7.63. The van der Waals surface area contributed by atoms with Gasteiger partial charge in [-0.2, -0.15) is 5.26 Å². The first-order valence-corrected chi connectivity index (χ1v) is 16.0. The van der Waals surface area contributed by atoms with Gasteiger partial charge in [0.1, 0.15) is 0 Å². The van der Waals surface area contributed by atoms with Crippen molar-refractivity contribution >= 4 is 5.78 Å². The molecule has 1 aromatic heterocycles. The van der Waals surface area contributed by atoms with Crippen molar-refractivity contribution in [3.63, 3.8) is 0 Å². The van der Waals surface area contributed by atoms with Gasteiger partial charge in [-0.15, -0.1) is 34.9 Å². The van der Waals surface area contributed by atoms with E-state index in [1.807, 2.05) is 39.0 Å². The summed E-state index contributed by atoms with van der Waals surface area (Å²) in [4.78, 5) is 21.4. The van der Waals surface area contributed by atoms with E-state index in [0.29, 0.717) is 28.6 Å². The molecule has 1 heterocycles. The molecule has 0 spiro atoms. The zero-order valence-electron chi connectivity index (χ0n) is 28.3. The van der Waals surface area contributed by atoms with E-state index in [-0.39, 0.29) is 37.7 Å². The van der Waals surface area contributed by atoms with Crippen molar-refractivity contribution < 1.29 is 34.7 Å². The molecule has 7 heteroatoms. The number of nitriles is 1. The zero-order valence-corrected chi connectivity index (χ0v) is 30.7. The first-order chi connectivity index (χ1) is 21.1. The number of carbonyl (C=O) groups excluding carboxylic acids is 1. The number of aryl methyl sites for hydroxylation is 3. The molecule has 45 heavy (non-hydrogen) atoms. The summed E-state index contributed by atoms with van der Waals surface area (Å²) >= 11 is 0. The van der Waals surface area contributed by atoms with Crippen molar-refractivity contribution in [1.82, 2.24) is 9.97 Å². The van der Waals surface area contributed by atoms with Crippen LogP contribution >= 0.6 is 0 Å². The molecule has 2 aromatic carbocycles. The average Bonchev–Trinajstić information content (AvgIpc) is 3.00. The monoisotopic (exact) mass is 789 g/mol. The Balaban J connectivity index is 0.000000460. The Kier molecular flexibility index (Phi) is 18.2. The molecule has 0 bridgehead atoms. The number of ketones is 1. The van der Waals surface area contributed by atoms with Gasteiger partial charge in [0.15, 0.2) is 11.7 Å². The number of hydrogen-bond donors (Lipinski definition) is 1. The molecule has 0 atom stereocenters. The minimum absolute atomic E-state index is 0. The smallest absolute Gasteiger partial charge is 0.195 e. The third-order valence-corrected chi connectivity index (χ3v) is 7.63. The van der Waals surface area contributed by atoms with Crippen molar-refractivity contribution in [2.75, 3.05) is 7.11 Å². The van der Waals surface area contributed by atoms with E-state index in [2.05, 4.69) is 55.9 Å². The van der Waals surface area contributed by atoms with Crippen molar-refractivity contribution in [2.24, 2.45) is 11.8 Å². The first kappa shape index (κ1) is 39.7. The summed E-state index contributed by atoms with van der Waals surface area (Å²) in [5.74, 6) is 1.16. The Morgan fingerprint density at radius 1 is 0.978 bits per heavy atom. The number of aliphatic hydroxyl groups is 1. The second-order valence-corrected chi connectivity index (χ2v) is 11.5. The second-order valence-electron chi connectivity index (χ2n) is 11.5. The van der Waals surface area contributed by atoms with Crippen LogP contribution in [-0.2, 0) is 24.9 Å². The number of ether oxygens (including phenoxy) is 1. The van der Waals surface area contributed by atoms with Crippen LogP contribution in [0.2, 0.25) is 0 Å². The zero-order chi connectivity index (χ0) is 32.6. The summed E-state index contributed by atoms with van der Waals surface area (Å²) < 4.78 is 5.48. The minimum Gasteiger partial charge on any atom is -0.512 e. The molecular weight excluding hydrogens is 739 g/mol. The number of benzene rings is 2. The Bertz CT molecular complexity index is 1410. The standard InChI is InChI=1S/C21H18N3O.C17H32O2.Ir/c1-13-7-14(2)9-17(8-13)20-21(25-4)24-19(12-23-20)18-6-5-16(11-22)10-15(18)3;1-5-9-14(10-6-2)16(18)13-17(19)15(11-7-3)12-8-4;/h5-8,10,12H,1-4H3;13-15,18H,5-12H2,1-4H3;/q-1;;/b;16-13-;. The van der Waals surface area contributed by atoms with Gasteiger partial charge in [0.05, 0.1) is 30.2 Å². The van der Waals surface area contributed by atoms with Gasteiger partial charge in [0.25, 0.3) is 0 Å². The van der Waals surface area contributed by atoms with Crippen LogP contribution in [0.3, 0.4) is 0 Å². The van der Waals surface area contributed by atoms with Gasteiger partial charge >= 0.3 is 0 Å². The Hall–Kier alpha value is -3.33. The molecule has 0 fully saturated rings. The fraction of sp³-hybridized carbons (Fsp3) is 0.474. The van der Waals surface area contributed by atoms with Crippen LogP contribution in [0, 0.1) is 50.0 Å². The number of allylic oxidation sites excluding steroid dienone is 2. The molecule has 0 unspecified atom stereocenters. The van der Waals surface area contributed by atoms with E-state index in [1.54, 1.807) is 19.4 Å². The van der Waals surface area contributed by atoms with Crippen molar-refractivity contribution in [3.8, 4) is 34.5 Å².